The Morgan fingerprint density at radius 1 is 0.903 bits per heavy atom. The van der Waals surface area contributed by atoms with Gasteiger partial charge in [0.15, 0.2) is 0 Å². The number of fused-ring (bicyclic) bond motifs is 1. The minimum Gasteiger partial charge on any atom is -0.488 e. The summed E-state index contributed by atoms with van der Waals surface area (Å²) in [4.78, 5) is 12.6. The second kappa shape index (κ2) is 9.65. The first-order chi connectivity index (χ1) is 15.1. The van der Waals surface area contributed by atoms with Gasteiger partial charge in [0.05, 0.1) is 6.21 Å². The van der Waals surface area contributed by atoms with E-state index in [2.05, 4.69) is 10.5 Å². The van der Waals surface area contributed by atoms with Gasteiger partial charge in [-0.05, 0) is 52.7 Å². The molecule has 4 aromatic rings. The predicted molar refractivity (Wildman–Crippen MR) is 126 cm³/mol. The van der Waals surface area contributed by atoms with E-state index in [1.165, 1.54) is 6.21 Å². The fraction of sp³-hybridized carbons (Fsp3) is 0.0400. The minimum atomic E-state index is -0.295. The monoisotopic (exact) mass is 448 g/mol. The third kappa shape index (κ3) is 5.23. The van der Waals surface area contributed by atoms with Gasteiger partial charge in [-0.25, -0.2) is 5.43 Å². The van der Waals surface area contributed by atoms with E-state index in [4.69, 9.17) is 27.9 Å². The van der Waals surface area contributed by atoms with E-state index in [0.717, 1.165) is 16.3 Å². The molecule has 4 rings (SSSR count). The van der Waals surface area contributed by atoms with E-state index in [9.17, 15) is 4.79 Å². The molecule has 0 unspecified atom stereocenters. The van der Waals surface area contributed by atoms with Crippen LogP contribution in [0.3, 0.4) is 0 Å². The molecule has 31 heavy (non-hydrogen) atoms. The Kier molecular flexibility index (Phi) is 6.51. The van der Waals surface area contributed by atoms with Crippen molar-refractivity contribution in [2.45, 2.75) is 6.61 Å². The van der Waals surface area contributed by atoms with Gasteiger partial charge >= 0.3 is 0 Å². The molecule has 0 heterocycles. The first-order valence-electron chi connectivity index (χ1n) is 9.58. The quantitative estimate of drug-likeness (QED) is 0.270. The summed E-state index contributed by atoms with van der Waals surface area (Å²) in [6.07, 6.45) is 1.52. The van der Waals surface area contributed by atoms with E-state index >= 15 is 0 Å². The van der Waals surface area contributed by atoms with Crippen molar-refractivity contribution in [1.29, 1.82) is 0 Å². The Balaban J connectivity index is 1.49. The van der Waals surface area contributed by atoms with E-state index in [1.54, 1.807) is 24.3 Å². The second-order valence-electron chi connectivity index (χ2n) is 6.83. The molecular formula is C25H18Cl2N2O2. The number of nitrogens with one attached hydrogen (secondary N) is 1. The summed E-state index contributed by atoms with van der Waals surface area (Å²) in [6, 6.07) is 26.0. The van der Waals surface area contributed by atoms with Gasteiger partial charge in [0.25, 0.3) is 5.91 Å². The maximum absolute atomic E-state index is 12.6. The van der Waals surface area contributed by atoms with Crippen molar-refractivity contribution in [2.75, 3.05) is 0 Å². The fourth-order valence-corrected chi connectivity index (χ4v) is 3.58. The molecular weight excluding hydrogens is 431 g/mol. The second-order valence-corrected chi connectivity index (χ2v) is 7.70. The van der Waals surface area contributed by atoms with Gasteiger partial charge in [-0.3, -0.25) is 4.79 Å². The number of amides is 1. The lowest BCUT2D eigenvalue weighted by Gasteiger charge is -2.10. The number of hydrogen-bond donors (Lipinski definition) is 1. The molecule has 1 amide bonds. The zero-order valence-corrected chi connectivity index (χ0v) is 17.9. The zero-order valence-electron chi connectivity index (χ0n) is 16.4. The van der Waals surface area contributed by atoms with Crippen LogP contribution >= 0.6 is 23.2 Å². The standard InChI is InChI=1S/C25H18Cl2N2O2/c26-20-8-3-5-17(13-20)16-31-24-12-11-21(27)14-19(24)15-28-29-25(30)23-10-4-7-18-6-1-2-9-22(18)23/h1-15H,16H2,(H,29,30). The number of halogens is 2. The van der Waals surface area contributed by atoms with Crippen LogP contribution < -0.4 is 10.2 Å². The summed E-state index contributed by atoms with van der Waals surface area (Å²) >= 11 is 12.2. The number of rotatable bonds is 6. The first kappa shape index (κ1) is 20.9. The van der Waals surface area contributed by atoms with E-state index < -0.39 is 0 Å². The van der Waals surface area contributed by atoms with Crippen LogP contribution in [-0.2, 0) is 6.61 Å². The van der Waals surface area contributed by atoms with E-state index in [1.807, 2.05) is 60.7 Å². The Bertz CT molecular complexity index is 1270. The molecule has 0 fully saturated rings. The van der Waals surface area contributed by atoms with Crippen molar-refractivity contribution in [1.82, 2.24) is 5.43 Å². The van der Waals surface area contributed by atoms with E-state index in [0.29, 0.717) is 33.5 Å². The summed E-state index contributed by atoms with van der Waals surface area (Å²) in [5.41, 5.74) is 4.72. The molecule has 1 N–H and O–H groups in total. The molecule has 6 heteroatoms. The number of hydrogen-bond acceptors (Lipinski definition) is 3. The van der Waals surface area contributed by atoms with Crippen molar-refractivity contribution in [3.63, 3.8) is 0 Å². The maximum atomic E-state index is 12.6. The van der Waals surface area contributed by atoms with Gasteiger partial charge in [-0.1, -0.05) is 71.7 Å². The normalized spacial score (nSPS) is 11.0. The van der Waals surface area contributed by atoms with Gasteiger partial charge < -0.3 is 4.74 Å². The molecule has 4 aromatic carbocycles. The Hall–Kier alpha value is -3.34. The molecule has 0 atom stereocenters. The minimum absolute atomic E-state index is 0.295. The lowest BCUT2D eigenvalue weighted by Crippen LogP contribution is -2.18. The highest BCUT2D eigenvalue weighted by molar-refractivity contribution is 6.31. The van der Waals surface area contributed by atoms with Gasteiger partial charge in [0.2, 0.25) is 0 Å². The van der Waals surface area contributed by atoms with Crippen molar-refractivity contribution < 1.29 is 9.53 Å². The van der Waals surface area contributed by atoms with Gasteiger partial charge in [-0.2, -0.15) is 5.10 Å². The highest BCUT2D eigenvalue weighted by atomic mass is 35.5. The molecule has 0 bridgehead atoms. The molecule has 0 aromatic heterocycles. The summed E-state index contributed by atoms with van der Waals surface area (Å²) in [5, 5.41) is 7.16. The van der Waals surface area contributed by atoms with Gasteiger partial charge in [0.1, 0.15) is 12.4 Å². The number of carbonyl (C=O) groups is 1. The van der Waals surface area contributed by atoms with Crippen molar-refractivity contribution in [3.05, 3.63) is 112 Å². The highest BCUT2D eigenvalue weighted by Crippen LogP contribution is 2.23. The van der Waals surface area contributed by atoms with Crippen LogP contribution in [0.2, 0.25) is 10.0 Å². The summed E-state index contributed by atoms with van der Waals surface area (Å²) in [6.45, 7) is 0.339. The largest absolute Gasteiger partial charge is 0.488 e. The third-order valence-corrected chi connectivity index (χ3v) is 5.13. The van der Waals surface area contributed by atoms with Crippen LogP contribution in [0.1, 0.15) is 21.5 Å². The maximum Gasteiger partial charge on any atom is 0.271 e. The van der Waals surface area contributed by atoms with Gasteiger partial charge in [0, 0.05) is 21.2 Å². The summed E-state index contributed by atoms with van der Waals surface area (Å²) in [5.74, 6) is 0.295. The van der Waals surface area contributed by atoms with E-state index in [-0.39, 0.29) is 5.91 Å². The zero-order chi connectivity index (χ0) is 21.6. The number of hydrazone groups is 1. The number of ether oxygens (including phenoxy) is 1. The highest BCUT2D eigenvalue weighted by Gasteiger charge is 2.09. The Morgan fingerprint density at radius 2 is 1.68 bits per heavy atom. The summed E-state index contributed by atoms with van der Waals surface area (Å²) < 4.78 is 5.91. The Labute approximate surface area is 190 Å². The van der Waals surface area contributed by atoms with Crippen LogP contribution in [0.4, 0.5) is 0 Å². The van der Waals surface area contributed by atoms with Crippen LogP contribution in [0, 0.1) is 0 Å². The van der Waals surface area contributed by atoms with Crippen LogP contribution in [0.15, 0.2) is 90.0 Å². The number of benzene rings is 4. The molecule has 0 aliphatic rings. The molecule has 154 valence electrons. The van der Waals surface area contributed by atoms with Crippen molar-refractivity contribution in [3.8, 4) is 5.75 Å². The molecule has 0 aliphatic heterocycles. The molecule has 0 saturated heterocycles. The Morgan fingerprint density at radius 3 is 2.55 bits per heavy atom. The molecule has 4 nitrogen and oxygen atoms in total. The third-order valence-electron chi connectivity index (χ3n) is 4.66. The average Bonchev–Trinajstić information content (AvgIpc) is 2.78. The SMILES string of the molecule is O=C(NN=Cc1cc(Cl)ccc1OCc1cccc(Cl)c1)c1cccc2ccccc12. The molecule has 0 spiro atoms. The predicted octanol–water partition coefficient (Wildman–Crippen LogP) is 6.49. The van der Waals surface area contributed by atoms with Crippen molar-refractivity contribution in [2.24, 2.45) is 5.10 Å². The molecule has 0 aliphatic carbocycles. The first-order valence-corrected chi connectivity index (χ1v) is 10.3. The topological polar surface area (TPSA) is 50.7 Å². The lowest BCUT2D eigenvalue weighted by atomic mass is 10.0. The van der Waals surface area contributed by atoms with Crippen LogP contribution in [0.5, 0.6) is 5.75 Å². The average molecular weight is 449 g/mol. The number of carbonyl (C=O) groups excluding carboxylic acids is 1. The smallest absolute Gasteiger partial charge is 0.271 e. The van der Waals surface area contributed by atoms with Crippen LogP contribution in [-0.4, -0.2) is 12.1 Å². The summed E-state index contributed by atoms with van der Waals surface area (Å²) in [7, 11) is 0. The fourth-order valence-electron chi connectivity index (χ4n) is 3.18. The lowest BCUT2D eigenvalue weighted by molar-refractivity contribution is 0.0957. The molecule has 0 saturated carbocycles. The number of nitrogens with zero attached hydrogens (tertiary/aromatic N) is 1. The van der Waals surface area contributed by atoms with Gasteiger partial charge in [-0.15, -0.1) is 0 Å². The molecule has 0 radical (unpaired) electrons. The van der Waals surface area contributed by atoms with Crippen molar-refractivity contribution >= 4 is 46.1 Å². The van der Waals surface area contributed by atoms with Crippen LogP contribution in [0.25, 0.3) is 10.8 Å².